The van der Waals surface area contributed by atoms with Gasteiger partial charge in [0.25, 0.3) is 0 Å². The van der Waals surface area contributed by atoms with Gasteiger partial charge in [0, 0.05) is 9.79 Å². The number of para-hydroxylation sites is 2. The summed E-state index contributed by atoms with van der Waals surface area (Å²) in [4.78, 5) is 2.20. The Morgan fingerprint density at radius 3 is 2.57 bits per heavy atom. The molecule has 1 N–H and O–H groups in total. The van der Waals surface area contributed by atoms with Crippen molar-refractivity contribution in [3.05, 3.63) is 48.5 Å². The summed E-state index contributed by atoms with van der Waals surface area (Å²) >= 11 is 1.66. The van der Waals surface area contributed by atoms with Gasteiger partial charge < -0.3 is 5.32 Å². The van der Waals surface area contributed by atoms with E-state index in [4.69, 9.17) is 1.37 Å². The minimum absolute atomic E-state index is 0.583. The summed E-state index contributed by atoms with van der Waals surface area (Å²) in [6.07, 6.45) is 0. The maximum Gasteiger partial charge on any atom is 0.0635 e. The highest BCUT2D eigenvalue weighted by molar-refractivity contribution is 7.99. The lowest BCUT2D eigenvalue weighted by atomic mass is 10.2. The molecule has 0 saturated heterocycles. The van der Waals surface area contributed by atoms with Gasteiger partial charge in [0.1, 0.15) is 0 Å². The summed E-state index contributed by atoms with van der Waals surface area (Å²) in [6, 6.07) is 14.5. The quantitative estimate of drug-likeness (QED) is 0.592. The second-order valence-electron chi connectivity index (χ2n) is 3.14. The molecule has 0 fully saturated rings. The van der Waals surface area contributed by atoms with E-state index in [0.717, 1.165) is 16.3 Å². The smallest absolute Gasteiger partial charge is 0.0635 e. The molecule has 2 aromatic carbocycles. The minimum Gasteiger partial charge on any atom is -0.354 e. The van der Waals surface area contributed by atoms with Crippen molar-refractivity contribution in [1.29, 1.82) is 0 Å². The Bertz CT molecular complexity index is 525. The fourth-order valence-corrected chi connectivity index (χ4v) is 2.47. The Morgan fingerprint density at radius 2 is 1.64 bits per heavy atom. The van der Waals surface area contributed by atoms with Crippen molar-refractivity contribution >= 4 is 23.1 Å². The topological polar surface area (TPSA) is 12.0 Å². The van der Waals surface area contributed by atoms with Gasteiger partial charge >= 0.3 is 0 Å². The maximum atomic E-state index is 7.83. The van der Waals surface area contributed by atoms with Crippen LogP contribution in [-0.2, 0) is 0 Å². The van der Waals surface area contributed by atoms with Crippen LogP contribution < -0.4 is 5.32 Å². The molecular weight excluding hydrogens is 190 g/mol. The van der Waals surface area contributed by atoms with Gasteiger partial charge in [0.15, 0.2) is 0 Å². The van der Waals surface area contributed by atoms with Gasteiger partial charge in [-0.2, -0.15) is 0 Å². The van der Waals surface area contributed by atoms with E-state index in [2.05, 4.69) is 17.4 Å². The Morgan fingerprint density at radius 1 is 0.929 bits per heavy atom. The molecule has 1 aliphatic rings. The van der Waals surface area contributed by atoms with Crippen molar-refractivity contribution in [3.63, 3.8) is 0 Å². The van der Waals surface area contributed by atoms with E-state index >= 15 is 0 Å². The largest absolute Gasteiger partial charge is 0.354 e. The lowest BCUT2D eigenvalue weighted by Gasteiger charge is -2.19. The average Bonchev–Trinajstić information content (AvgIpc) is 2.27. The predicted molar refractivity (Wildman–Crippen MR) is 60.3 cm³/mol. The first-order valence-corrected chi connectivity index (χ1v) is 5.30. The van der Waals surface area contributed by atoms with Crippen LogP contribution in [0.2, 0.25) is 0 Å². The summed E-state index contributed by atoms with van der Waals surface area (Å²) in [7, 11) is 0. The third-order valence-electron chi connectivity index (χ3n) is 2.19. The molecule has 0 saturated carbocycles. The van der Waals surface area contributed by atoms with Crippen molar-refractivity contribution in [2.75, 3.05) is 5.32 Å². The molecule has 2 aromatic rings. The van der Waals surface area contributed by atoms with E-state index in [0.29, 0.717) is 6.04 Å². The van der Waals surface area contributed by atoms with Gasteiger partial charge in [-0.25, -0.2) is 0 Å². The Hall–Kier alpha value is -1.41. The molecule has 68 valence electrons. The highest BCUT2D eigenvalue weighted by Crippen LogP contribution is 2.43. The zero-order valence-electron chi connectivity index (χ0n) is 8.45. The molecule has 0 spiro atoms. The first-order chi connectivity index (χ1) is 7.34. The SMILES string of the molecule is [3H]c1cccc2c1Sc1ccccc1N2. The molecule has 1 aliphatic heterocycles. The van der Waals surface area contributed by atoms with Crippen LogP contribution in [0.15, 0.2) is 58.3 Å². The molecule has 1 heterocycles. The van der Waals surface area contributed by atoms with Crippen LogP contribution in [0.4, 0.5) is 11.4 Å². The lowest BCUT2D eigenvalue weighted by Crippen LogP contribution is -1.98. The number of fused-ring (bicyclic) bond motifs is 2. The first-order valence-electron chi connectivity index (χ1n) is 4.98. The fraction of sp³-hybridized carbons (Fsp3) is 0. The molecule has 0 bridgehead atoms. The number of hydrogen-bond acceptors (Lipinski definition) is 2. The van der Waals surface area contributed by atoms with Crippen molar-refractivity contribution < 1.29 is 1.37 Å². The van der Waals surface area contributed by atoms with Gasteiger partial charge in [0.2, 0.25) is 0 Å². The maximum absolute atomic E-state index is 7.83. The molecule has 0 aliphatic carbocycles. The summed E-state index contributed by atoms with van der Waals surface area (Å²) < 4.78 is 7.83. The van der Waals surface area contributed by atoms with Gasteiger partial charge in [-0.3, -0.25) is 0 Å². The Kier molecular flexibility index (Phi) is 1.52. The molecule has 2 heteroatoms. The number of nitrogens with one attached hydrogen (secondary N) is 1. The molecule has 3 rings (SSSR count). The number of hydrogen-bond donors (Lipinski definition) is 1. The third kappa shape index (κ3) is 1.19. The van der Waals surface area contributed by atoms with Crippen LogP contribution in [0.25, 0.3) is 0 Å². The molecular formula is C12H9NS. The van der Waals surface area contributed by atoms with E-state index in [1.165, 1.54) is 4.90 Å². The van der Waals surface area contributed by atoms with Crippen LogP contribution in [0, 0.1) is 0 Å². The van der Waals surface area contributed by atoms with Crippen LogP contribution in [0.5, 0.6) is 0 Å². The molecule has 0 radical (unpaired) electrons. The lowest BCUT2D eigenvalue weighted by molar-refractivity contribution is 1.32. The van der Waals surface area contributed by atoms with E-state index < -0.39 is 0 Å². The van der Waals surface area contributed by atoms with E-state index in [1.54, 1.807) is 11.8 Å². The molecule has 14 heavy (non-hydrogen) atoms. The molecule has 1 nitrogen and oxygen atoms in total. The Balaban J connectivity index is 2.15. The highest BCUT2D eigenvalue weighted by atomic mass is 32.2. The van der Waals surface area contributed by atoms with Gasteiger partial charge in [0.05, 0.1) is 12.7 Å². The van der Waals surface area contributed by atoms with Crippen LogP contribution in [0.1, 0.15) is 1.37 Å². The summed E-state index contributed by atoms with van der Waals surface area (Å²) in [5.74, 6) is 0. The van der Waals surface area contributed by atoms with Crippen LogP contribution in [-0.4, -0.2) is 0 Å². The number of benzene rings is 2. The first kappa shape index (κ1) is 6.96. The highest BCUT2D eigenvalue weighted by Gasteiger charge is 2.13. The molecule has 0 atom stereocenters. The zero-order chi connectivity index (χ0) is 10.3. The number of rotatable bonds is 0. The van der Waals surface area contributed by atoms with Gasteiger partial charge in [-0.15, -0.1) is 0 Å². The molecule has 0 unspecified atom stereocenters. The van der Waals surface area contributed by atoms with Crippen LogP contribution >= 0.6 is 11.8 Å². The van der Waals surface area contributed by atoms with Crippen LogP contribution in [0.3, 0.4) is 0 Å². The molecule has 0 aromatic heterocycles. The van der Waals surface area contributed by atoms with Crippen molar-refractivity contribution in [3.8, 4) is 0 Å². The minimum atomic E-state index is 0.583. The van der Waals surface area contributed by atoms with Gasteiger partial charge in [-0.05, 0) is 24.2 Å². The Labute approximate surface area is 88.6 Å². The van der Waals surface area contributed by atoms with Crippen molar-refractivity contribution in [1.82, 2.24) is 0 Å². The second-order valence-corrected chi connectivity index (χ2v) is 4.19. The van der Waals surface area contributed by atoms with Crippen molar-refractivity contribution in [2.45, 2.75) is 9.79 Å². The standard InChI is InChI=1S/C12H9NS/c1-3-7-11-9(5-1)13-10-6-2-4-8-12(10)14-11/h1-8,13H/i7T. The summed E-state index contributed by atoms with van der Waals surface area (Å²) in [5.41, 5.74) is 2.16. The van der Waals surface area contributed by atoms with E-state index in [-0.39, 0.29) is 0 Å². The van der Waals surface area contributed by atoms with E-state index in [9.17, 15) is 0 Å². The zero-order valence-corrected chi connectivity index (χ0v) is 8.27. The van der Waals surface area contributed by atoms with Gasteiger partial charge in [-0.1, -0.05) is 36.0 Å². The predicted octanol–water partition coefficient (Wildman–Crippen LogP) is 3.89. The molecule has 0 amide bonds. The van der Waals surface area contributed by atoms with Crippen molar-refractivity contribution in [2.24, 2.45) is 0 Å². The van der Waals surface area contributed by atoms with E-state index in [1.807, 2.05) is 30.3 Å². The fourth-order valence-electron chi connectivity index (χ4n) is 1.52. The summed E-state index contributed by atoms with van der Waals surface area (Å²) in [6.45, 7) is 0. The average molecular weight is 201 g/mol. The summed E-state index contributed by atoms with van der Waals surface area (Å²) in [5, 5.41) is 3.34. The number of anilines is 2. The normalized spacial score (nSPS) is 13.6. The monoisotopic (exact) mass is 201 g/mol. The second kappa shape index (κ2) is 3.07. The third-order valence-corrected chi connectivity index (χ3v) is 3.30.